The van der Waals surface area contributed by atoms with E-state index in [1.165, 1.54) is 11.3 Å². The van der Waals surface area contributed by atoms with Crippen molar-refractivity contribution in [1.29, 1.82) is 0 Å². The summed E-state index contributed by atoms with van der Waals surface area (Å²) in [5.41, 5.74) is 0.838. The first-order valence-electron chi connectivity index (χ1n) is 4.92. The average Bonchev–Trinajstić information content (AvgIpc) is 2.67. The highest BCUT2D eigenvalue weighted by Crippen LogP contribution is 2.34. The van der Waals surface area contributed by atoms with Gasteiger partial charge in [0.15, 0.2) is 0 Å². The van der Waals surface area contributed by atoms with Crippen LogP contribution in [0, 0.1) is 0 Å². The number of thiazole rings is 1. The molecule has 0 saturated carbocycles. The first kappa shape index (κ1) is 12.8. The second-order valence-corrected chi connectivity index (χ2v) is 6.10. The molecule has 0 radical (unpaired) electrons. The van der Waals surface area contributed by atoms with Crippen LogP contribution >= 0.6 is 38.9 Å². The van der Waals surface area contributed by atoms with Gasteiger partial charge in [0.2, 0.25) is 5.91 Å². The van der Waals surface area contributed by atoms with E-state index in [2.05, 4.69) is 20.9 Å². The number of halogens is 2. The quantitative estimate of drug-likeness (QED) is 0.844. The van der Waals surface area contributed by atoms with E-state index in [1.54, 1.807) is 19.0 Å². The summed E-state index contributed by atoms with van der Waals surface area (Å²) in [4.78, 5) is 17.6. The first-order chi connectivity index (χ1) is 7.99. The Hall–Kier alpha value is -0.650. The molecular weight excluding hydrogens is 324 g/mol. The molecule has 1 heterocycles. The Morgan fingerprint density at radius 2 is 2.24 bits per heavy atom. The number of hydrogen-bond acceptors (Lipinski definition) is 3. The van der Waals surface area contributed by atoms with Crippen molar-refractivity contribution in [3.05, 3.63) is 26.6 Å². The summed E-state index contributed by atoms with van der Waals surface area (Å²) >= 11 is 11.0. The molecule has 0 aliphatic carbocycles. The van der Waals surface area contributed by atoms with E-state index in [0.717, 1.165) is 19.7 Å². The first-order valence-corrected chi connectivity index (χ1v) is 6.91. The van der Waals surface area contributed by atoms with Crippen molar-refractivity contribution in [1.82, 2.24) is 9.88 Å². The maximum Gasteiger partial charge on any atom is 0.228 e. The van der Waals surface area contributed by atoms with Crippen LogP contribution < -0.4 is 0 Å². The van der Waals surface area contributed by atoms with Crippen molar-refractivity contribution in [3.8, 4) is 0 Å². The fraction of sp³-hybridized carbons (Fsp3) is 0.273. The lowest BCUT2D eigenvalue weighted by Crippen LogP contribution is -2.23. The minimum Gasteiger partial charge on any atom is -0.348 e. The molecule has 90 valence electrons. The van der Waals surface area contributed by atoms with Gasteiger partial charge < -0.3 is 4.90 Å². The summed E-state index contributed by atoms with van der Waals surface area (Å²) in [6.07, 6.45) is 0.320. The van der Waals surface area contributed by atoms with E-state index in [9.17, 15) is 4.79 Å². The molecule has 0 aliphatic rings. The summed E-state index contributed by atoms with van der Waals surface area (Å²) < 4.78 is 1.77. The maximum absolute atomic E-state index is 11.6. The highest BCUT2D eigenvalue weighted by Gasteiger charge is 2.13. The number of hydrogen-bond donors (Lipinski definition) is 0. The van der Waals surface area contributed by atoms with Gasteiger partial charge in [-0.3, -0.25) is 4.79 Å². The molecule has 1 aromatic carbocycles. The molecule has 1 aromatic heterocycles. The van der Waals surface area contributed by atoms with E-state index >= 15 is 0 Å². The summed E-state index contributed by atoms with van der Waals surface area (Å²) in [7, 11) is 3.47. The molecule has 0 atom stereocenters. The van der Waals surface area contributed by atoms with E-state index in [4.69, 9.17) is 11.6 Å². The van der Waals surface area contributed by atoms with Crippen molar-refractivity contribution in [2.75, 3.05) is 14.1 Å². The second-order valence-electron chi connectivity index (χ2n) is 3.78. The summed E-state index contributed by atoms with van der Waals surface area (Å²) in [6, 6.07) is 3.76. The number of fused-ring (bicyclic) bond motifs is 1. The molecular formula is C11H10BrClN2OS. The Labute approximate surface area is 117 Å². The number of carbonyl (C=O) groups excluding carboxylic acids is 1. The molecule has 3 nitrogen and oxygen atoms in total. The van der Waals surface area contributed by atoms with Crippen LogP contribution in [0.1, 0.15) is 5.01 Å². The molecule has 0 aliphatic heterocycles. The van der Waals surface area contributed by atoms with Crippen LogP contribution in [0.3, 0.4) is 0 Å². The molecule has 1 amide bonds. The lowest BCUT2D eigenvalue weighted by molar-refractivity contribution is -0.127. The maximum atomic E-state index is 11.6. The van der Waals surface area contributed by atoms with Crippen LogP contribution in [0.5, 0.6) is 0 Å². The van der Waals surface area contributed by atoms with Crippen molar-refractivity contribution < 1.29 is 4.79 Å². The van der Waals surface area contributed by atoms with Crippen molar-refractivity contribution in [2.45, 2.75) is 6.42 Å². The fourth-order valence-electron chi connectivity index (χ4n) is 1.35. The van der Waals surface area contributed by atoms with Crippen molar-refractivity contribution in [2.24, 2.45) is 0 Å². The lowest BCUT2D eigenvalue weighted by atomic mass is 10.3. The molecule has 0 N–H and O–H groups in total. The largest absolute Gasteiger partial charge is 0.348 e. The van der Waals surface area contributed by atoms with Gasteiger partial charge >= 0.3 is 0 Å². The molecule has 6 heteroatoms. The summed E-state index contributed by atoms with van der Waals surface area (Å²) in [5.74, 6) is 0.0410. The highest BCUT2D eigenvalue weighted by molar-refractivity contribution is 9.10. The third-order valence-corrected chi connectivity index (χ3v) is 4.78. The minimum atomic E-state index is 0.0410. The smallest absolute Gasteiger partial charge is 0.228 e. The van der Waals surface area contributed by atoms with Crippen LogP contribution in [-0.2, 0) is 11.2 Å². The van der Waals surface area contributed by atoms with Crippen LogP contribution in [0.25, 0.3) is 10.2 Å². The third-order valence-electron chi connectivity index (χ3n) is 2.30. The monoisotopic (exact) mass is 332 g/mol. The fourth-order valence-corrected chi connectivity index (χ4v) is 3.08. The second kappa shape index (κ2) is 4.92. The van der Waals surface area contributed by atoms with Crippen LogP contribution in [-0.4, -0.2) is 29.9 Å². The van der Waals surface area contributed by atoms with Gasteiger partial charge in [0.05, 0.1) is 21.7 Å². The minimum absolute atomic E-state index is 0.0410. The van der Waals surface area contributed by atoms with Gasteiger partial charge in [-0.2, -0.15) is 0 Å². The normalized spacial score (nSPS) is 10.8. The van der Waals surface area contributed by atoms with E-state index in [0.29, 0.717) is 11.4 Å². The Morgan fingerprint density at radius 1 is 1.53 bits per heavy atom. The average molecular weight is 334 g/mol. The Bertz CT molecular complexity index is 582. The van der Waals surface area contributed by atoms with Gasteiger partial charge in [0, 0.05) is 18.6 Å². The molecule has 0 fully saturated rings. The predicted octanol–water partition coefficient (Wildman–Crippen LogP) is 3.34. The van der Waals surface area contributed by atoms with Crippen molar-refractivity contribution in [3.63, 3.8) is 0 Å². The van der Waals surface area contributed by atoms with Gasteiger partial charge in [0.25, 0.3) is 0 Å². The third kappa shape index (κ3) is 2.61. The van der Waals surface area contributed by atoms with E-state index in [-0.39, 0.29) is 5.91 Å². The SMILES string of the molecule is CN(C)C(=O)Cc1nc2ccc(Br)c(Cl)c2s1. The molecule has 2 aromatic rings. The zero-order valence-corrected chi connectivity index (χ0v) is 12.5. The number of carbonyl (C=O) groups is 1. The van der Waals surface area contributed by atoms with Gasteiger partial charge in [0.1, 0.15) is 5.01 Å². The van der Waals surface area contributed by atoms with Crippen LogP contribution in [0.15, 0.2) is 16.6 Å². The molecule has 17 heavy (non-hydrogen) atoms. The molecule has 2 rings (SSSR count). The molecule has 0 spiro atoms. The van der Waals surface area contributed by atoms with Gasteiger partial charge in [-0.1, -0.05) is 11.6 Å². The van der Waals surface area contributed by atoms with E-state index < -0.39 is 0 Å². The number of amides is 1. The Morgan fingerprint density at radius 3 is 2.88 bits per heavy atom. The number of benzene rings is 1. The standard InChI is InChI=1S/C11H10BrClN2OS/c1-15(2)9(16)5-8-14-7-4-3-6(12)10(13)11(7)17-8/h3-4H,5H2,1-2H3. The molecule has 0 saturated heterocycles. The van der Waals surface area contributed by atoms with Crippen LogP contribution in [0.2, 0.25) is 5.02 Å². The summed E-state index contributed by atoms with van der Waals surface area (Å²) in [5, 5.41) is 1.45. The Balaban J connectivity index is 2.39. The number of rotatable bonds is 2. The van der Waals surface area contributed by atoms with Crippen molar-refractivity contribution >= 4 is 55.0 Å². The molecule has 0 bridgehead atoms. The highest BCUT2D eigenvalue weighted by atomic mass is 79.9. The van der Waals surface area contributed by atoms with Gasteiger partial charge in [-0.15, -0.1) is 11.3 Å². The topological polar surface area (TPSA) is 33.2 Å². The zero-order valence-electron chi connectivity index (χ0n) is 9.33. The Kier molecular flexibility index (Phi) is 3.70. The summed E-state index contributed by atoms with van der Waals surface area (Å²) in [6.45, 7) is 0. The van der Waals surface area contributed by atoms with E-state index in [1.807, 2.05) is 12.1 Å². The predicted molar refractivity (Wildman–Crippen MR) is 74.7 cm³/mol. The molecule has 0 unspecified atom stereocenters. The zero-order chi connectivity index (χ0) is 12.6. The lowest BCUT2D eigenvalue weighted by Gasteiger charge is -2.07. The van der Waals surface area contributed by atoms with Crippen LogP contribution in [0.4, 0.5) is 0 Å². The number of aromatic nitrogens is 1. The number of likely N-dealkylation sites (N-methyl/N-ethyl adjacent to an activating group) is 1. The number of nitrogens with zero attached hydrogens (tertiary/aromatic N) is 2. The van der Waals surface area contributed by atoms with Gasteiger partial charge in [-0.25, -0.2) is 4.98 Å². The van der Waals surface area contributed by atoms with Gasteiger partial charge in [-0.05, 0) is 28.1 Å².